The van der Waals surface area contributed by atoms with E-state index in [1.165, 1.54) is 0 Å². The zero-order chi connectivity index (χ0) is 13.9. The van der Waals surface area contributed by atoms with Gasteiger partial charge in [0.2, 0.25) is 0 Å². The molecule has 0 fully saturated rings. The van der Waals surface area contributed by atoms with Gasteiger partial charge in [-0.1, -0.05) is 0 Å². The Morgan fingerprint density at radius 3 is 2.95 bits per heavy atom. The molecule has 2 aromatic heterocycles. The Kier molecular flexibility index (Phi) is 4.17. The fourth-order valence-corrected chi connectivity index (χ4v) is 2.07. The Morgan fingerprint density at radius 1 is 1.42 bits per heavy atom. The third kappa shape index (κ3) is 3.75. The van der Waals surface area contributed by atoms with Crippen LogP contribution >= 0.6 is 0 Å². The van der Waals surface area contributed by atoms with E-state index in [2.05, 4.69) is 29.2 Å². The Balaban J connectivity index is 1.94. The molecule has 5 heteroatoms. The predicted octanol–water partition coefficient (Wildman–Crippen LogP) is 1.94. The van der Waals surface area contributed by atoms with Crippen molar-refractivity contribution in [2.24, 2.45) is 0 Å². The normalized spacial score (nSPS) is 12.2. The topological polar surface area (TPSA) is 51.5 Å². The van der Waals surface area contributed by atoms with Crippen LogP contribution in [0.5, 0.6) is 0 Å². The van der Waals surface area contributed by atoms with Crippen LogP contribution in [-0.2, 0) is 11.3 Å². The van der Waals surface area contributed by atoms with E-state index in [1.807, 2.05) is 36.8 Å². The van der Waals surface area contributed by atoms with Crippen molar-refractivity contribution in [2.45, 2.75) is 39.8 Å². The van der Waals surface area contributed by atoms with Crippen molar-refractivity contribution in [3.63, 3.8) is 0 Å². The van der Waals surface area contributed by atoms with Gasteiger partial charge in [0, 0.05) is 43.7 Å². The zero-order valence-electron chi connectivity index (χ0n) is 12.1. The van der Waals surface area contributed by atoms with Crippen LogP contribution in [0.4, 0.5) is 0 Å². The number of ether oxygens (including phenoxy) is 1. The fourth-order valence-electron chi connectivity index (χ4n) is 2.07. The molecule has 0 aliphatic rings. The van der Waals surface area contributed by atoms with Gasteiger partial charge in [0.25, 0.3) is 0 Å². The molecule has 0 atom stereocenters. The summed E-state index contributed by atoms with van der Waals surface area (Å²) >= 11 is 0. The van der Waals surface area contributed by atoms with E-state index in [0.717, 1.165) is 36.6 Å². The summed E-state index contributed by atoms with van der Waals surface area (Å²) in [5.74, 6) is 0. The lowest BCUT2D eigenvalue weighted by Gasteiger charge is -2.24. The van der Waals surface area contributed by atoms with Gasteiger partial charge in [-0.2, -0.15) is 5.10 Å². The van der Waals surface area contributed by atoms with Crippen molar-refractivity contribution in [2.75, 3.05) is 13.2 Å². The standard InChI is InChI=1S/C14H22N4O/c1-5-19-14(3,4)10-15-7-12-8-16-13-6-11(2)17-18(13)9-12/h6,8-9,15H,5,7,10H2,1-4H3. The number of fused-ring (bicyclic) bond motifs is 1. The van der Waals surface area contributed by atoms with Gasteiger partial charge in [-0.15, -0.1) is 0 Å². The molecule has 2 rings (SSSR count). The van der Waals surface area contributed by atoms with Crippen LogP contribution in [0.1, 0.15) is 32.0 Å². The fraction of sp³-hybridized carbons (Fsp3) is 0.571. The second-order valence-electron chi connectivity index (χ2n) is 5.35. The molecule has 0 bridgehead atoms. The molecule has 0 aromatic carbocycles. The zero-order valence-corrected chi connectivity index (χ0v) is 12.1. The summed E-state index contributed by atoms with van der Waals surface area (Å²) in [6.45, 7) is 10.4. The van der Waals surface area contributed by atoms with Crippen LogP contribution in [0.15, 0.2) is 18.5 Å². The summed E-state index contributed by atoms with van der Waals surface area (Å²) in [5.41, 5.74) is 2.84. The monoisotopic (exact) mass is 262 g/mol. The number of hydrogen-bond acceptors (Lipinski definition) is 4. The number of aromatic nitrogens is 3. The van der Waals surface area contributed by atoms with Crippen molar-refractivity contribution >= 4 is 5.65 Å². The maximum absolute atomic E-state index is 5.65. The first-order valence-corrected chi connectivity index (χ1v) is 6.66. The van der Waals surface area contributed by atoms with Gasteiger partial charge in [0.15, 0.2) is 5.65 Å². The highest BCUT2D eigenvalue weighted by Crippen LogP contribution is 2.08. The van der Waals surface area contributed by atoms with Gasteiger partial charge in [0.05, 0.1) is 11.3 Å². The van der Waals surface area contributed by atoms with E-state index in [4.69, 9.17) is 4.74 Å². The quantitative estimate of drug-likeness (QED) is 0.864. The summed E-state index contributed by atoms with van der Waals surface area (Å²) in [7, 11) is 0. The number of nitrogens with zero attached hydrogens (tertiary/aromatic N) is 3. The van der Waals surface area contributed by atoms with E-state index in [0.29, 0.717) is 0 Å². The highest BCUT2D eigenvalue weighted by atomic mass is 16.5. The Bertz CT molecular complexity index is 547. The highest BCUT2D eigenvalue weighted by Gasteiger charge is 2.16. The molecule has 0 unspecified atom stereocenters. The number of hydrogen-bond donors (Lipinski definition) is 1. The second kappa shape index (κ2) is 5.67. The smallest absolute Gasteiger partial charge is 0.155 e. The van der Waals surface area contributed by atoms with Crippen molar-refractivity contribution < 1.29 is 4.74 Å². The van der Waals surface area contributed by atoms with Crippen LogP contribution in [0.2, 0.25) is 0 Å². The van der Waals surface area contributed by atoms with E-state index < -0.39 is 0 Å². The molecule has 1 N–H and O–H groups in total. The lowest BCUT2D eigenvalue weighted by Crippen LogP contribution is -2.37. The van der Waals surface area contributed by atoms with Gasteiger partial charge < -0.3 is 10.1 Å². The van der Waals surface area contributed by atoms with Crippen molar-refractivity contribution in [1.82, 2.24) is 19.9 Å². The first-order chi connectivity index (χ1) is 9.00. The van der Waals surface area contributed by atoms with Gasteiger partial charge in [-0.3, -0.25) is 0 Å². The Morgan fingerprint density at radius 2 is 2.21 bits per heavy atom. The third-order valence-corrected chi connectivity index (χ3v) is 2.90. The number of aryl methyl sites for hydroxylation is 1. The summed E-state index contributed by atoms with van der Waals surface area (Å²) in [4.78, 5) is 4.38. The Labute approximate surface area is 114 Å². The summed E-state index contributed by atoms with van der Waals surface area (Å²) < 4.78 is 7.46. The number of rotatable bonds is 6. The molecule has 2 aromatic rings. The predicted molar refractivity (Wildman–Crippen MR) is 75.1 cm³/mol. The largest absolute Gasteiger partial charge is 0.375 e. The molecule has 0 saturated carbocycles. The van der Waals surface area contributed by atoms with Crippen LogP contribution in [0.25, 0.3) is 5.65 Å². The minimum absolute atomic E-state index is 0.144. The van der Waals surface area contributed by atoms with Gasteiger partial charge in [-0.25, -0.2) is 9.50 Å². The molecule has 0 spiro atoms. The first kappa shape index (κ1) is 14.0. The van der Waals surface area contributed by atoms with E-state index in [-0.39, 0.29) is 5.60 Å². The summed E-state index contributed by atoms with van der Waals surface area (Å²) in [6, 6.07) is 1.97. The summed E-state index contributed by atoms with van der Waals surface area (Å²) in [5, 5.41) is 7.75. The maximum atomic E-state index is 5.65. The van der Waals surface area contributed by atoms with E-state index in [1.54, 1.807) is 0 Å². The molecule has 0 aliphatic heterocycles. The molecular formula is C14H22N4O. The molecule has 104 valence electrons. The van der Waals surface area contributed by atoms with Crippen LogP contribution in [-0.4, -0.2) is 33.4 Å². The number of nitrogens with one attached hydrogen (secondary N) is 1. The van der Waals surface area contributed by atoms with Gasteiger partial charge in [-0.05, 0) is 27.7 Å². The van der Waals surface area contributed by atoms with Crippen molar-refractivity contribution in [1.29, 1.82) is 0 Å². The minimum Gasteiger partial charge on any atom is -0.375 e. The second-order valence-corrected chi connectivity index (χ2v) is 5.35. The molecule has 2 heterocycles. The highest BCUT2D eigenvalue weighted by molar-refractivity contribution is 5.38. The Hall–Kier alpha value is -1.46. The van der Waals surface area contributed by atoms with E-state index in [9.17, 15) is 0 Å². The van der Waals surface area contributed by atoms with Crippen LogP contribution < -0.4 is 5.32 Å². The lowest BCUT2D eigenvalue weighted by atomic mass is 10.1. The SMILES string of the molecule is CCOC(C)(C)CNCc1cnc2cc(C)nn2c1. The first-order valence-electron chi connectivity index (χ1n) is 6.66. The third-order valence-electron chi connectivity index (χ3n) is 2.90. The molecular weight excluding hydrogens is 240 g/mol. The van der Waals surface area contributed by atoms with Crippen molar-refractivity contribution in [3.05, 3.63) is 29.7 Å². The molecule has 0 amide bonds. The lowest BCUT2D eigenvalue weighted by molar-refractivity contribution is -0.00898. The molecule has 5 nitrogen and oxygen atoms in total. The van der Waals surface area contributed by atoms with Crippen LogP contribution in [0.3, 0.4) is 0 Å². The van der Waals surface area contributed by atoms with Gasteiger partial charge >= 0.3 is 0 Å². The molecule has 0 radical (unpaired) electrons. The molecule has 0 aliphatic carbocycles. The van der Waals surface area contributed by atoms with Gasteiger partial charge in [0.1, 0.15) is 0 Å². The van der Waals surface area contributed by atoms with Crippen LogP contribution in [0, 0.1) is 6.92 Å². The minimum atomic E-state index is -0.144. The summed E-state index contributed by atoms with van der Waals surface area (Å²) in [6.07, 6.45) is 3.90. The van der Waals surface area contributed by atoms with Crippen molar-refractivity contribution in [3.8, 4) is 0 Å². The van der Waals surface area contributed by atoms with E-state index >= 15 is 0 Å². The average Bonchev–Trinajstić information content (AvgIpc) is 2.68. The molecule has 0 saturated heterocycles. The maximum Gasteiger partial charge on any atom is 0.155 e. The molecule has 19 heavy (non-hydrogen) atoms. The average molecular weight is 262 g/mol.